The first-order valence-corrected chi connectivity index (χ1v) is 21.7. The summed E-state index contributed by atoms with van der Waals surface area (Å²) < 4.78 is 15.8. The Bertz CT molecular complexity index is 3640. The minimum atomic E-state index is -0.646. The molecule has 1 aliphatic heterocycles. The highest BCUT2D eigenvalue weighted by atomic mass is 16.6. The lowest BCUT2D eigenvalue weighted by Crippen LogP contribution is -2.27. The van der Waals surface area contributed by atoms with Crippen LogP contribution >= 0.6 is 0 Å². The van der Waals surface area contributed by atoms with E-state index in [-0.39, 0.29) is 0 Å². The molecule has 1 spiro atoms. The summed E-state index contributed by atoms with van der Waals surface area (Å²) in [5.41, 5.74) is 17.2. The first-order valence-electron chi connectivity index (χ1n) is 21.7. The van der Waals surface area contributed by atoms with Crippen LogP contribution in [0.5, 0.6) is 23.0 Å². The predicted octanol–water partition coefficient (Wildman–Crippen LogP) is 14.8. The number of fused-ring (bicyclic) bond motifs is 16. The van der Waals surface area contributed by atoms with Crippen LogP contribution in [0.2, 0.25) is 0 Å². The van der Waals surface area contributed by atoms with E-state index in [1.165, 1.54) is 33.4 Å². The van der Waals surface area contributed by atoms with Crippen molar-refractivity contribution in [2.24, 2.45) is 0 Å². The maximum atomic E-state index is 6.94. The van der Waals surface area contributed by atoms with Crippen LogP contribution < -0.4 is 9.47 Å². The van der Waals surface area contributed by atoms with E-state index in [4.69, 9.17) is 19.4 Å². The van der Waals surface area contributed by atoms with Crippen molar-refractivity contribution in [3.05, 3.63) is 235 Å². The van der Waals surface area contributed by atoms with Gasteiger partial charge in [0.25, 0.3) is 0 Å². The van der Waals surface area contributed by atoms with E-state index in [9.17, 15) is 0 Å². The summed E-state index contributed by atoms with van der Waals surface area (Å²) >= 11 is 0. The van der Waals surface area contributed by atoms with Crippen LogP contribution in [0.25, 0.3) is 83.6 Å². The zero-order chi connectivity index (χ0) is 41.9. The highest BCUT2D eigenvalue weighted by Crippen LogP contribution is 2.67. The van der Waals surface area contributed by atoms with E-state index in [0.717, 1.165) is 89.6 Å². The molecule has 0 N–H and O–H groups in total. The van der Waals surface area contributed by atoms with Crippen LogP contribution in [0, 0.1) is 0 Å². The Kier molecular flexibility index (Phi) is 7.26. The monoisotopic (exact) mass is 817 g/mol. The van der Waals surface area contributed by atoms with E-state index in [0.29, 0.717) is 5.95 Å². The molecule has 0 amide bonds. The van der Waals surface area contributed by atoms with Gasteiger partial charge in [0.05, 0.1) is 27.8 Å². The summed E-state index contributed by atoms with van der Waals surface area (Å²) in [7, 11) is 0. The summed E-state index contributed by atoms with van der Waals surface area (Å²) in [4.78, 5) is 10.5. The van der Waals surface area contributed by atoms with Gasteiger partial charge >= 0.3 is 0 Å². The predicted molar refractivity (Wildman–Crippen MR) is 256 cm³/mol. The molecule has 2 aliphatic carbocycles. The third-order valence-electron chi connectivity index (χ3n) is 13.5. The minimum absolute atomic E-state index is 0.632. The molecule has 5 nitrogen and oxygen atoms in total. The molecule has 2 aromatic heterocycles. The number of para-hydroxylation sites is 3. The number of ether oxygens (including phenoxy) is 2. The van der Waals surface area contributed by atoms with Gasteiger partial charge in [-0.2, -0.15) is 0 Å². The number of aromatic nitrogens is 3. The van der Waals surface area contributed by atoms with Crippen molar-refractivity contribution in [1.29, 1.82) is 0 Å². The van der Waals surface area contributed by atoms with Crippen molar-refractivity contribution in [2.45, 2.75) is 5.41 Å². The van der Waals surface area contributed by atoms with Gasteiger partial charge in [0.2, 0.25) is 5.95 Å². The number of hydrogen-bond acceptors (Lipinski definition) is 4. The standard InChI is InChI=1S/C59H35N3O2/c1-3-15-36(16-4-1)49-35-50(37-17-5-2-6-18-37)61-58(60-49)62-51-24-12-9-21-43(51)45-33-38(28-31-52(45)62)39-27-29-42-44-30-32-55-57(64-54-26-14-13-25-53(54)63-55)56(44)59(48(42)34-39)46-22-10-7-19-40(46)41-20-8-11-23-47(41)59/h1-35H. The van der Waals surface area contributed by atoms with E-state index in [1.54, 1.807) is 0 Å². The molecule has 64 heavy (non-hydrogen) atoms. The van der Waals surface area contributed by atoms with Crippen LogP contribution in [-0.2, 0) is 5.41 Å². The molecule has 0 fully saturated rings. The van der Waals surface area contributed by atoms with E-state index in [1.807, 2.05) is 36.4 Å². The molecule has 3 heterocycles. The van der Waals surface area contributed by atoms with Crippen molar-refractivity contribution in [1.82, 2.24) is 14.5 Å². The topological polar surface area (TPSA) is 49.2 Å². The van der Waals surface area contributed by atoms with Crippen LogP contribution in [0.4, 0.5) is 0 Å². The van der Waals surface area contributed by atoms with Gasteiger partial charge in [-0.3, -0.25) is 4.57 Å². The van der Waals surface area contributed by atoms with Crippen molar-refractivity contribution in [3.8, 4) is 84.8 Å². The van der Waals surface area contributed by atoms with Crippen molar-refractivity contribution < 1.29 is 9.47 Å². The lowest BCUT2D eigenvalue weighted by atomic mass is 9.70. The fourth-order valence-electron chi connectivity index (χ4n) is 10.8. The van der Waals surface area contributed by atoms with Crippen LogP contribution in [0.1, 0.15) is 22.3 Å². The van der Waals surface area contributed by atoms with E-state index < -0.39 is 5.41 Å². The Hall–Kier alpha value is -8.54. The molecule has 0 saturated heterocycles. The molecule has 9 aromatic carbocycles. The molecule has 0 radical (unpaired) electrons. The highest BCUT2D eigenvalue weighted by molar-refractivity contribution is 6.10. The molecule has 5 heteroatoms. The number of hydrogen-bond donors (Lipinski definition) is 0. The molecule has 298 valence electrons. The summed E-state index contributed by atoms with van der Waals surface area (Å²) in [5, 5.41) is 2.28. The van der Waals surface area contributed by atoms with E-state index in [2.05, 4.69) is 180 Å². The van der Waals surface area contributed by atoms with Crippen LogP contribution in [0.3, 0.4) is 0 Å². The second kappa shape index (κ2) is 13.2. The molecular weight excluding hydrogens is 783 g/mol. The lowest BCUT2D eigenvalue weighted by Gasteiger charge is -2.33. The number of benzene rings is 9. The Balaban J connectivity index is 0.981. The van der Waals surface area contributed by atoms with Crippen LogP contribution in [0.15, 0.2) is 212 Å². The second-order valence-electron chi connectivity index (χ2n) is 16.8. The van der Waals surface area contributed by atoms with Crippen LogP contribution in [-0.4, -0.2) is 14.5 Å². The Morgan fingerprint density at radius 2 is 0.906 bits per heavy atom. The second-order valence-corrected chi connectivity index (χ2v) is 16.8. The van der Waals surface area contributed by atoms with Gasteiger partial charge in [-0.25, -0.2) is 9.97 Å². The van der Waals surface area contributed by atoms with Gasteiger partial charge in [-0.05, 0) is 98.6 Å². The highest BCUT2D eigenvalue weighted by Gasteiger charge is 2.54. The van der Waals surface area contributed by atoms with Gasteiger partial charge in [0.15, 0.2) is 23.0 Å². The molecule has 0 unspecified atom stereocenters. The van der Waals surface area contributed by atoms with Gasteiger partial charge < -0.3 is 9.47 Å². The van der Waals surface area contributed by atoms with Gasteiger partial charge in [-0.1, -0.05) is 164 Å². The summed E-state index contributed by atoms with van der Waals surface area (Å²) in [6.45, 7) is 0. The summed E-state index contributed by atoms with van der Waals surface area (Å²) in [5.74, 6) is 3.56. The third-order valence-corrected chi connectivity index (χ3v) is 13.5. The van der Waals surface area contributed by atoms with Gasteiger partial charge in [0, 0.05) is 27.5 Å². The lowest BCUT2D eigenvalue weighted by molar-refractivity contribution is 0.354. The third kappa shape index (κ3) is 4.83. The first kappa shape index (κ1) is 35.1. The van der Waals surface area contributed by atoms with Gasteiger partial charge in [0.1, 0.15) is 0 Å². The normalized spacial score (nSPS) is 13.4. The molecule has 0 saturated carbocycles. The molecule has 3 aliphatic rings. The Morgan fingerprint density at radius 1 is 0.359 bits per heavy atom. The average molecular weight is 818 g/mol. The fraction of sp³-hybridized carbons (Fsp3) is 0.0169. The number of rotatable bonds is 4. The summed E-state index contributed by atoms with van der Waals surface area (Å²) in [6.07, 6.45) is 0. The maximum Gasteiger partial charge on any atom is 0.235 e. The molecule has 0 bridgehead atoms. The van der Waals surface area contributed by atoms with E-state index >= 15 is 0 Å². The fourth-order valence-corrected chi connectivity index (χ4v) is 10.8. The van der Waals surface area contributed by atoms with Crippen molar-refractivity contribution >= 4 is 21.8 Å². The molecule has 11 aromatic rings. The minimum Gasteiger partial charge on any atom is -0.450 e. The Labute approximate surface area is 369 Å². The smallest absolute Gasteiger partial charge is 0.235 e. The van der Waals surface area contributed by atoms with Gasteiger partial charge in [-0.15, -0.1) is 0 Å². The molecule has 0 atom stereocenters. The number of nitrogens with zero attached hydrogens (tertiary/aromatic N) is 3. The van der Waals surface area contributed by atoms with Crippen molar-refractivity contribution in [3.63, 3.8) is 0 Å². The zero-order valence-corrected chi connectivity index (χ0v) is 34.4. The average Bonchev–Trinajstić information content (AvgIpc) is 3.97. The SMILES string of the molecule is c1ccc(-c2cc(-c3ccccc3)nc(-n3c4ccccc4c4cc(-c5ccc6c(c5)C5(c7ccccc7-c7ccccc75)c5c-6ccc6c5Oc5ccccc5O6)ccc43)n2)cc1. The largest absolute Gasteiger partial charge is 0.450 e. The molecular formula is C59H35N3O2. The quantitative estimate of drug-likeness (QED) is 0.177. The zero-order valence-electron chi connectivity index (χ0n) is 34.4. The molecule has 14 rings (SSSR count). The summed E-state index contributed by atoms with van der Waals surface area (Å²) in [6, 6.07) is 75.2. The first-order chi connectivity index (χ1) is 31.7. The van der Waals surface area contributed by atoms with Crippen molar-refractivity contribution in [2.75, 3.05) is 0 Å². The Morgan fingerprint density at radius 3 is 1.62 bits per heavy atom. The maximum absolute atomic E-state index is 6.94.